The van der Waals surface area contributed by atoms with E-state index in [4.69, 9.17) is 14.2 Å². The second kappa shape index (κ2) is 13.3. The van der Waals surface area contributed by atoms with E-state index in [2.05, 4.69) is 36.3 Å². The Hall–Kier alpha value is -3.30. The summed E-state index contributed by atoms with van der Waals surface area (Å²) >= 11 is 0. The summed E-state index contributed by atoms with van der Waals surface area (Å²) in [5.74, 6) is 1.15. The van der Waals surface area contributed by atoms with Crippen molar-refractivity contribution in [1.29, 1.82) is 0 Å². The van der Waals surface area contributed by atoms with Gasteiger partial charge in [0.15, 0.2) is 0 Å². The summed E-state index contributed by atoms with van der Waals surface area (Å²) in [5, 5.41) is 5.59. The lowest BCUT2D eigenvalue weighted by atomic mass is 10.0. The van der Waals surface area contributed by atoms with Crippen LogP contribution in [0.4, 0.5) is 16.2 Å². The minimum absolute atomic E-state index is 0.112. The lowest BCUT2D eigenvalue weighted by molar-refractivity contribution is 0.0108. The summed E-state index contributed by atoms with van der Waals surface area (Å²) in [4.78, 5) is 30.2. The van der Waals surface area contributed by atoms with Gasteiger partial charge >= 0.3 is 6.03 Å². The zero-order valence-electron chi connectivity index (χ0n) is 22.7. The van der Waals surface area contributed by atoms with Crippen LogP contribution in [0.3, 0.4) is 0 Å². The highest BCUT2D eigenvalue weighted by Gasteiger charge is 2.28. The number of hydrogen-bond acceptors (Lipinski definition) is 6. The highest BCUT2D eigenvalue weighted by Crippen LogP contribution is 2.27. The van der Waals surface area contributed by atoms with E-state index < -0.39 is 6.03 Å². The molecule has 0 saturated carbocycles. The van der Waals surface area contributed by atoms with Crippen LogP contribution < -0.4 is 20.1 Å². The second-order valence-electron chi connectivity index (χ2n) is 9.61. The number of amides is 3. The third-order valence-electron chi connectivity index (χ3n) is 6.67. The van der Waals surface area contributed by atoms with Crippen LogP contribution in [0.15, 0.2) is 42.5 Å². The molecule has 0 saturated heterocycles. The molecule has 9 nitrogen and oxygen atoms in total. The van der Waals surface area contributed by atoms with Gasteiger partial charge in [0.05, 0.1) is 18.8 Å². The van der Waals surface area contributed by atoms with Gasteiger partial charge in [0.1, 0.15) is 18.1 Å². The van der Waals surface area contributed by atoms with Crippen LogP contribution in [0.25, 0.3) is 0 Å². The normalized spacial score (nSPS) is 21.2. The number of urea groups is 1. The molecule has 1 aliphatic rings. The largest absolute Gasteiger partial charge is 0.497 e. The van der Waals surface area contributed by atoms with E-state index in [-0.39, 0.29) is 24.0 Å². The summed E-state index contributed by atoms with van der Waals surface area (Å²) in [7, 11) is 5.02. The fourth-order valence-corrected chi connectivity index (χ4v) is 4.52. The van der Waals surface area contributed by atoms with Crippen LogP contribution in [0.2, 0.25) is 0 Å². The molecule has 202 valence electrons. The topological polar surface area (TPSA) is 92.4 Å². The monoisotopic (exact) mass is 512 g/mol. The number of methoxy groups -OCH3 is 2. The average molecular weight is 513 g/mol. The molecule has 1 heterocycles. The molecular weight excluding hydrogens is 472 g/mol. The molecule has 3 amide bonds. The van der Waals surface area contributed by atoms with Crippen molar-refractivity contribution in [3.05, 3.63) is 48.0 Å². The summed E-state index contributed by atoms with van der Waals surface area (Å²) < 4.78 is 17.2. The van der Waals surface area contributed by atoms with E-state index in [1.807, 2.05) is 0 Å². The molecule has 2 N–H and O–H groups in total. The Morgan fingerprint density at radius 3 is 2.49 bits per heavy atom. The zero-order chi connectivity index (χ0) is 26.9. The first-order chi connectivity index (χ1) is 17.7. The van der Waals surface area contributed by atoms with E-state index in [9.17, 15) is 9.59 Å². The molecule has 0 bridgehead atoms. The first-order valence-electron chi connectivity index (χ1n) is 12.8. The number of fused-ring (bicyclic) bond motifs is 1. The van der Waals surface area contributed by atoms with Gasteiger partial charge in [-0.05, 0) is 56.1 Å². The van der Waals surface area contributed by atoms with Crippen molar-refractivity contribution in [1.82, 2.24) is 9.80 Å². The fourth-order valence-electron chi connectivity index (χ4n) is 4.52. The molecular formula is C28H40N4O5. The first kappa shape index (κ1) is 28.3. The predicted octanol–water partition coefficient (Wildman–Crippen LogP) is 4.56. The summed E-state index contributed by atoms with van der Waals surface area (Å²) in [5.41, 5.74) is 1.46. The molecule has 0 aromatic heterocycles. The van der Waals surface area contributed by atoms with Crippen LogP contribution >= 0.6 is 0 Å². The van der Waals surface area contributed by atoms with Crippen molar-refractivity contribution in [2.24, 2.45) is 5.92 Å². The van der Waals surface area contributed by atoms with Crippen LogP contribution in [0.1, 0.15) is 37.6 Å². The maximum Gasteiger partial charge on any atom is 0.323 e. The number of ether oxygens (including phenoxy) is 3. The highest BCUT2D eigenvalue weighted by atomic mass is 16.5. The minimum atomic E-state index is -0.430. The van der Waals surface area contributed by atoms with Crippen molar-refractivity contribution in [2.45, 2.75) is 39.3 Å². The standard InChI is InChI=1S/C28H40N4O5/c1-7-13-32-16-19(2)26(36-6)17-31(4)27(33)24-15-22(11-12-25(24)37-18-20(32)3)30-28(34)29-21-9-8-10-23(14-21)35-5/h8-12,14-15,19-20,26H,7,13,16-18H2,1-6H3,(H2,29,30,34)/t19-,20+,26-/m0/s1. The summed E-state index contributed by atoms with van der Waals surface area (Å²) in [6.45, 7) is 9.17. The third kappa shape index (κ3) is 7.60. The molecule has 2 aromatic carbocycles. The van der Waals surface area contributed by atoms with Crippen molar-refractivity contribution >= 4 is 23.3 Å². The molecule has 3 rings (SSSR count). The Labute approximate surface area is 220 Å². The second-order valence-corrected chi connectivity index (χ2v) is 9.61. The van der Waals surface area contributed by atoms with Gasteiger partial charge in [-0.15, -0.1) is 0 Å². The third-order valence-corrected chi connectivity index (χ3v) is 6.67. The maximum atomic E-state index is 13.5. The van der Waals surface area contributed by atoms with Gasteiger partial charge in [-0.2, -0.15) is 0 Å². The SMILES string of the molecule is CCCN1C[C@H](C)[C@@H](OC)CN(C)C(=O)c2cc(NC(=O)Nc3cccc(OC)c3)ccc2OC[C@H]1C. The number of likely N-dealkylation sites (N-methyl/N-ethyl adjacent to an activating group) is 1. The Kier molecular flexibility index (Phi) is 10.2. The number of benzene rings is 2. The van der Waals surface area contributed by atoms with E-state index in [0.29, 0.717) is 41.6 Å². The summed E-state index contributed by atoms with van der Waals surface area (Å²) in [6, 6.07) is 11.9. The van der Waals surface area contributed by atoms with E-state index >= 15 is 0 Å². The molecule has 0 radical (unpaired) electrons. The Balaban J connectivity index is 1.85. The maximum absolute atomic E-state index is 13.5. The molecule has 0 fully saturated rings. The van der Waals surface area contributed by atoms with E-state index in [1.54, 1.807) is 68.6 Å². The van der Waals surface area contributed by atoms with Crippen LogP contribution in [-0.4, -0.2) is 81.4 Å². The Morgan fingerprint density at radius 2 is 1.81 bits per heavy atom. The van der Waals surface area contributed by atoms with Gasteiger partial charge in [-0.3, -0.25) is 9.69 Å². The Morgan fingerprint density at radius 1 is 1.08 bits per heavy atom. The van der Waals surface area contributed by atoms with Gasteiger partial charge in [0, 0.05) is 50.7 Å². The molecule has 9 heteroatoms. The number of nitrogens with one attached hydrogen (secondary N) is 2. The number of anilines is 2. The quantitative estimate of drug-likeness (QED) is 0.590. The van der Waals surface area contributed by atoms with Crippen molar-refractivity contribution in [2.75, 3.05) is 58.1 Å². The number of rotatable bonds is 6. The number of hydrogen-bond donors (Lipinski definition) is 2. The highest BCUT2D eigenvalue weighted by molar-refractivity contribution is 6.02. The smallest absolute Gasteiger partial charge is 0.323 e. The number of carbonyl (C=O) groups is 2. The molecule has 2 aromatic rings. The molecule has 1 aliphatic heterocycles. The van der Waals surface area contributed by atoms with Crippen LogP contribution in [0, 0.1) is 5.92 Å². The lowest BCUT2D eigenvalue weighted by Crippen LogP contribution is -2.46. The zero-order valence-corrected chi connectivity index (χ0v) is 22.7. The van der Waals surface area contributed by atoms with Gasteiger partial charge in [-0.1, -0.05) is 19.9 Å². The predicted molar refractivity (Wildman–Crippen MR) is 146 cm³/mol. The molecule has 0 unspecified atom stereocenters. The van der Waals surface area contributed by atoms with Crippen LogP contribution in [0.5, 0.6) is 11.5 Å². The average Bonchev–Trinajstić information content (AvgIpc) is 2.89. The number of nitrogens with zero attached hydrogens (tertiary/aromatic N) is 2. The Bertz CT molecular complexity index is 1060. The van der Waals surface area contributed by atoms with Crippen molar-refractivity contribution in [3.63, 3.8) is 0 Å². The van der Waals surface area contributed by atoms with Crippen molar-refractivity contribution in [3.8, 4) is 11.5 Å². The first-order valence-corrected chi connectivity index (χ1v) is 12.8. The summed E-state index contributed by atoms with van der Waals surface area (Å²) in [6.07, 6.45) is 0.926. The van der Waals surface area contributed by atoms with Gasteiger partial charge < -0.3 is 29.7 Å². The molecule has 0 aliphatic carbocycles. The molecule has 37 heavy (non-hydrogen) atoms. The van der Waals surface area contributed by atoms with Gasteiger partial charge in [-0.25, -0.2) is 4.79 Å². The minimum Gasteiger partial charge on any atom is -0.497 e. The van der Waals surface area contributed by atoms with Gasteiger partial charge in [0.2, 0.25) is 0 Å². The number of carbonyl (C=O) groups excluding carboxylic acids is 2. The van der Waals surface area contributed by atoms with E-state index in [1.165, 1.54) is 0 Å². The van der Waals surface area contributed by atoms with E-state index in [0.717, 1.165) is 19.5 Å². The molecule has 3 atom stereocenters. The van der Waals surface area contributed by atoms with Crippen LogP contribution in [-0.2, 0) is 4.74 Å². The lowest BCUT2D eigenvalue weighted by Gasteiger charge is -2.35. The fraction of sp³-hybridized carbons (Fsp3) is 0.500. The van der Waals surface area contributed by atoms with Gasteiger partial charge in [0.25, 0.3) is 5.91 Å². The molecule has 0 spiro atoms. The van der Waals surface area contributed by atoms with Crippen molar-refractivity contribution < 1.29 is 23.8 Å².